The molecule has 0 aliphatic rings. The number of nitrogens with zero attached hydrogens (tertiary/aromatic N) is 1. The Hall–Kier alpha value is -1.86. The highest BCUT2D eigenvalue weighted by atomic mass is 35.5. The van der Waals surface area contributed by atoms with Crippen molar-refractivity contribution in [3.8, 4) is 6.07 Å². The maximum Gasteiger partial charge on any atom is 0.338 e. The van der Waals surface area contributed by atoms with Crippen molar-refractivity contribution in [2.24, 2.45) is 0 Å². The Kier molecular flexibility index (Phi) is 5.53. The monoisotopic (exact) mass is 279 g/mol. The van der Waals surface area contributed by atoms with E-state index in [0.717, 1.165) is 0 Å². The predicted molar refractivity (Wildman–Crippen MR) is 71.0 cm³/mol. The molecule has 0 saturated carbocycles. The number of rotatable bonds is 5. The predicted octanol–water partition coefficient (Wildman–Crippen LogP) is 2.80. The van der Waals surface area contributed by atoms with Gasteiger partial charge in [0.2, 0.25) is 0 Å². The molecule has 0 bridgehead atoms. The molecule has 0 aliphatic heterocycles. The quantitative estimate of drug-likeness (QED) is 0.614. The van der Waals surface area contributed by atoms with Crippen molar-refractivity contribution in [2.45, 2.75) is 25.6 Å². The van der Waals surface area contributed by atoms with E-state index in [1.807, 2.05) is 6.07 Å². The van der Waals surface area contributed by atoms with Gasteiger partial charge in [-0.25, -0.2) is 4.79 Å². The number of halogens is 1. The third-order valence-corrected chi connectivity index (χ3v) is 3.14. The minimum atomic E-state index is -0.863. The summed E-state index contributed by atoms with van der Waals surface area (Å²) in [6, 6.07) is 6.82. The first-order valence-corrected chi connectivity index (χ1v) is 6.26. The van der Waals surface area contributed by atoms with Gasteiger partial charge in [-0.3, -0.25) is 4.79 Å². The summed E-state index contributed by atoms with van der Waals surface area (Å²) in [5.41, 5.74) is 1.23. The van der Waals surface area contributed by atoms with E-state index in [-0.39, 0.29) is 24.4 Å². The van der Waals surface area contributed by atoms with Gasteiger partial charge in [0.1, 0.15) is 5.38 Å². The molecule has 0 heterocycles. The molecule has 1 aromatic rings. The molecule has 0 amide bonds. The molecule has 1 aromatic carbocycles. The first-order chi connectivity index (χ1) is 9.02. The molecule has 1 atom stereocenters. The van der Waals surface area contributed by atoms with Crippen LogP contribution in [0, 0.1) is 11.3 Å². The highest BCUT2D eigenvalue weighted by Gasteiger charge is 2.22. The van der Waals surface area contributed by atoms with E-state index < -0.39 is 11.3 Å². The fourth-order valence-corrected chi connectivity index (χ4v) is 1.94. The Morgan fingerprint density at radius 2 is 2.16 bits per heavy atom. The fraction of sp³-hybridized carbons (Fsp3) is 0.357. The van der Waals surface area contributed by atoms with Crippen molar-refractivity contribution >= 4 is 23.4 Å². The number of Topliss-reactive ketones (excluding diaryl/α,β-unsaturated/α-hetero) is 1. The van der Waals surface area contributed by atoms with Crippen LogP contribution in [-0.4, -0.2) is 18.4 Å². The lowest BCUT2D eigenvalue weighted by Crippen LogP contribution is -2.12. The van der Waals surface area contributed by atoms with E-state index in [2.05, 4.69) is 0 Å². The number of esters is 1. The summed E-state index contributed by atoms with van der Waals surface area (Å²) in [7, 11) is 0. The second-order valence-corrected chi connectivity index (χ2v) is 4.34. The van der Waals surface area contributed by atoms with Crippen LogP contribution >= 0.6 is 11.6 Å². The third-order valence-electron chi connectivity index (χ3n) is 2.59. The zero-order valence-electron chi connectivity index (χ0n) is 10.8. The van der Waals surface area contributed by atoms with E-state index in [4.69, 9.17) is 21.6 Å². The summed E-state index contributed by atoms with van der Waals surface area (Å²) in [5.74, 6) is -0.746. The lowest BCUT2D eigenvalue weighted by molar-refractivity contribution is -0.116. The molecule has 4 nitrogen and oxygen atoms in total. The number of ketones is 1. The molecule has 1 rings (SSSR count). The second kappa shape index (κ2) is 6.91. The lowest BCUT2D eigenvalue weighted by Gasteiger charge is -2.14. The number of carbonyl (C=O) groups excluding carboxylic acids is 2. The van der Waals surface area contributed by atoms with Crippen LogP contribution in [0.2, 0.25) is 0 Å². The van der Waals surface area contributed by atoms with Crippen molar-refractivity contribution in [2.75, 3.05) is 6.61 Å². The van der Waals surface area contributed by atoms with Gasteiger partial charge in [-0.1, -0.05) is 12.1 Å². The number of hydrogen-bond acceptors (Lipinski definition) is 4. The number of alkyl halides is 1. The Morgan fingerprint density at radius 1 is 1.47 bits per heavy atom. The summed E-state index contributed by atoms with van der Waals surface area (Å²) in [5, 5.41) is 8.01. The molecule has 0 saturated heterocycles. The molecule has 5 heteroatoms. The van der Waals surface area contributed by atoms with Gasteiger partial charge in [-0.15, -0.1) is 11.6 Å². The van der Waals surface area contributed by atoms with Crippen LogP contribution in [0.1, 0.15) is 40.7 Å². The molecule has 19 heavy (non-hydrogen) atoms. The first kappa shape index (κ1) is 15.2. The van der Waals surface area contributed by atoms with Gasteiger partial charge in [0.05, 0.1) is 24.7 Å². The maximum atomic E-state index is 11.8. The Morgan fingerprint density at radius 3 is 2.68 bits per heavy atom. The molecule has 0 spiro atoms. The smallest absolute Gasteiger partial charge is 0.338 e. The number of ether oxygens (including phenoxy) is 1. The minimum Gasteiger partial charge on any atom is -0.462 e. The number of hydrogen-bond donors (Lipinski definition) is 0. The van der Waals surface area contributed by atoms with Crippen LogP contribution in [0.25, 0.3) is 0 Å². The molecule has 0 fully saturated rings. The summed E-state index contributed by atoms with van der Waals surface area (Å²) in [6.45, 7) is 3.31. The first-order valence-electron chi connectivity index (χ1n) is 5.83. The average Bonchev–Trinajstić information content (AvgIpc) is 2.38. The molecular weight excluding hydrogens is 266 g/mol. The van der Waals surface area contributed by atoms with E-state index in [9.17, 15) is 9.59 Å². The van der Waals surface area contributed by atoms with Gasteiger partial charge in [-0.05, 0) is 31.0 Å². The molecule has 0 radical (unpaired) electrons. The number of benzene rings is 1. The van der Waals surface area contributed by atoms with Crippen LogP contribution in [0.3, 0.4) is 0 Å². The Balaban J connectivity index is 3.33. The highest BCUT2D eigenvalue weighted by Crippen LogP contribution is 2.28. The van der Waals surface area contributed by atoms with Crippen molar-refractivity contribution in [1.82, 2.24) is 0 Å². The van der Waals surface area contributed by atoms with Crippen molar-refractivity contribution in [3.05, 3.63) is 34.9 Å². The summed E-state index contributed by atoms with van der Waals surface area (Å²) >= 11 is 6.02. The molecule has 0 N–H and O–H groups in total. The van der Waals surface area contributed by atoms with Crippen molar-refractivity contribution in [1.29, 1.82) is 5.26 Å². The molecule has 0 aliphatic carbocycles. The molecular formula is C14H14ClNO3. The van der Waals surface area contributed by atoms with Crippen molar-refractivity contribution in [3.63, 3.8) is 0 Å². The van der Waals surface area contributed by atoms with Crippen LogP contribution in [0.4, 0.5) is 0 Å². The zero-order valence-corrected chi connectivity index (χ0v) is 11.5. The molecule has 0 aromatic heterocycles. The number of carbonyl (C=O) groups is 2. The highest BCUT2D eigenvalue weighted by molar-refractivity contribution is 6.31. The van der Waals surface area contributed by atoms with Gasteiger partial charge >= 0.3 is 5.97 Å². The molecule has 100 valence electrons. The standard InChI is InChI=1S/C14H14ClNO3/c1-3-19-14(18)12-6-4-5-11(10(12)7-8-16)13(15)9(2)17/h4-6,13H,3,7H2,1-2H3. The van der Waals surface area contributed by atoms with Crippen molar-refractivity contribution < 1.29 is 14.3 Å². The maximum absolute atomic E-state index is 11.8. The normalized spacial score (nSPS) is 11.5. The largest absolute Gasteiger partial charge is 0.462 e. The second-order valence-electron chi connectivity index (χ2n) is 3.90. The van der Waals surface area contributed by atoms with E-state index in [1.54, 1.807) is 25.1 Å². The van der Waals surface area contributed by atoms with Gasteiger partial charge < -0.3 is 4.74 Å². The fourth-order valence-electron chi connectivity index (χ4n) is 1.74. The van der Waals surface area contributed by atoms with Crippen LogP contribution in [0.15, 0.2) is 18.2 Å². The summed E-state index contributed by atoms with van der Waals surface area (Å²) < 4.78 is 4.93. The van der Waals surface area contributed by atoms with Crippen LogP contribution < -0.4 is 0 Å². The lowest BCUT2D eigenvalue weighted by atomic mass is 9.95. The van der Waals surface area contributed by atoms with E-state index in [0.29, 0.717) is 11.1 Å². The zero-order chi connectivity index (χ0) is 14.4. The van der Waals surface area contributed by atoms with Gasteiger partial charge in [0, 0.05) is 0 Å². The van der Waals surface area contributed by atoms with Crippen LogP contribution in [0.5, 0.6) is 0 Å². The third kappa shape index (κ3) is 3.55. The van der Waals surface area contributed by atoms with Gasteiger partial charge in [0.15, 0.2) is 5.78 Å². The Bertz CT molecular complexity index is 534. The van der Waals surface area contributed by atoms with Gasteiger partial charge in [0.25, 0.3) is 0 Å². The SMILES string of the molecule is CCOC(=O)c1cccc(C(Cl)C(C)=O)c1CC#N. The summed E-state index contributed by atoms with van der Waals surface area (Å²) in [4.78, 5) is 23.2. The van der Waals surface area contributed by atoms with E-state index in [1.165, 1.54) is 6.92 Å². The Labute approximate surface area is 116 Å². The summed E-state index contributed by atoms with van der Waals surface area (Å²) in [6.07, 6.45) is 0.000814. The van der Waals surface area contributed by atoms with Crippen LogP contribution in [-0.2, 0) is 16.0 Å². The topological polar surface area (TPSA) is 67.2 Å². The van der Waals surface area contributed by atoms with E-state index >= 15 is 0 Å². The number of nitriles is 1. The van der Waals surface area contributed by atoms with Gasteiger partial charge in [-0.2, -0.15) is 5.26 Å². The average molecular weight is 280 g/mol. The minimum absolute atomic E-state index is 0.000814. The molecule has 1 unspecified atom stereocenters.